The number of para-hydroxylation sites is 1. The molecule has 23 heavy (non-hydrogen) atoms. The van der Waals surface area contributed by atoms with Crippen LogP contribution in [-0.4, -0.2) is 21.7 Å². The molecule has 2 rings (SSSR count). The molecule has 0 unspecified atom stereocenters. The van der Waals surface area contributed by atoms with E-state index in [2.05, 4.69) is 16.4 Å². The van der Waals surface area contributed by atoms with Gasteiger partial charge in [0.05, 0.1) is 21.9 Å². The number of aromatic nitrogens is 1. The predicted octanol–water partition coefficient (Wildman–Crippen LogP) is 3.77. The highest BCUT2D eigenvalue weighted by atomic mass is 32.2. The topological polar surface area (TPSA) is 65.8 Å². The Balaban J connectivity index is 2.09. The van der Waals surface area contributed by atoms with Crippen molar-refractivity contribution in [3.63, 3.8) is 0 Å². The lowest BCUT2D eigenvalue weighted by Crippen LogP contribution is -2.51. The maximum atomic E-state index is 12.4. The van der Waals surface area contributed by atoms with Gasteiger partial charge in [0.1, 0.15) is 5.54 Å². The van der Waals surface area contributed by atoms with Crippen molar-refractivity contribution in [3.05, 3.63) is 36.4 Å². The van der Waals surface area contributed by atoms with Gasteiger partial charge < -0.3 is 5.32 Å². The van der Waals surface area contributed by atoms with Crippen LogP contribution in [-0.2, 0) is 4.79 Å². The molecule has 2 aromatic rings. The molecular formula is C18H21N3OS. The molecule has 0 saturated carbocycles. The lowest BCUT2D eigenvalue weighted by atomic mass is 9.90. The Kier molecular flexibility index (Phi) is 5.27. The molecule has 0 fully saturated rings. The Morgan fingerprint density at radius 1 is 1.26 bits per heavy atom. The summed E-state index contributed by atoms with van der Waals surface area (Å²) in [7, 11) is 0. The number of hydrogen-bond acceptors (Lipinski definition) is 4. The zero-order chi connectivity index (χ0) is 17.0. The molecule has 0 spiro atoms. The number of benzene rings is 1. The molecule has 1 aromatic carbocycles. The highest BCUT2D eigenvalue weighted by Gasteiger charge is 2.31. The fourth-order valence-corrected chi connectivity index (χ4v) is 2.83. The van der Waals surface area contributed by atoms with E-state index < -0.39 is 5.54 Å². The van der Waals surface area contributed by atoms with Crippen LogP contribution in [0.1, 0.15) is 27.7 Å². The average Bonchev–Trinajstić information content (AvgIpc) is 2.54. The van der Waals surface area contributed by atoms with Gasteiger partial charge in [0.2, 0.25) is 5.91 Å². The first-order chi connectivity index (χ1) is 10.9. The molecule has 1 N–H and O–H groups in total. The summed E-state index contributed by atoms with van der Waals surface area (Å²) in [6, 6.07) is 14.0. The van der Waals surface area contributed by atoms with E-state index in [9.17, 15) is 10.1 Å². The van der Waals surface area contributed by atoms with Crippen LogP contribution in [0.25, 0.3) is 10.9 Å². The molecule has 1 amide bonds. The van der Waals surface area contributed by atoms with Crippen LogP contribution in [0.5, 0.6) is 0 Å². The Morgan fingerprint density at radius 3 is 2.61 bits per heavy atom. The van der Waals surface area contributed by atoms with Crippen LogP contribution < -0.4 is 5.32 Å². The molecule has 0 aliphatic carbocycles. The lowest BCUT2D eigenvalue weighted by Gasteiger charge is -2.28. The summed E-state index contributed by atoms with van der Waals surface area (Å²) in [6.45, 7) is 7.43. The lowest BCUT2D eigenvalue weighted by molar-refractivity contribution is -0.121. The predicted molar refractivity (Wildman–Crippen MR) is 94.1 cm³/mol. The van der Waals surface area contributed by atoms with Gasteiger partial charge in [0, 0.05) is 5.39 Å². The smallest absolute Gasteiger partial charge is 0.234 e. The molecule has 5 heteroatoms. The van der Waals surface area contributed by atoms with Crippen molar-refractivity contribution in [2.75, 3.05) is 0 Å². The summed E-state index contributed by atoms with van der Waals surface area (Å²) < 4.78 is 0. The van der Waals surface area contributed by atoms with Crippen molar-refractivity contribution in [3.8, 4) is 6.07 Å². The number of pyridine rings is 1. The van der Waals surface area contributed by atoms with Crippen LogP contribution >= 0.6 is 11.8 Å². The third kappa shape index (κ3) is 4.02. The SMILES string of the molecule is CC(C)[C@](C)(C#N)NC(=O)[C@@H](C)Sc1ccc2ccccc2n1. The average molecular weight is 327 g/mol. The Hall–Kier alpha value is -2.06. The van der Waals surface area contributed by atoms with E-state index in [1.165, 1.54) is 11.8 Å². The Bertz CT molecular complexity index is 753. The number of amides is 1. The Labute approximate surface area is 141 Å². The van der Waals surface area contributed by atoms with Gasteiger partial charge in [0.15, 0.2) is 0 Å². The highest BCUT2D eigenvalue weighted by molar-refractivity contribution is 8.00. The number of thioether (sulfide) groups is 1. The van der Waals surface area contributed by atoms with Crippen molar-refractivity contribution in [2.45, 2.75) is 43.5 Å². The normalized spacial score (nSPS) is 15.0. The number of carbonyl (C=O) groups is 1. The summed E-state index contributed by atoms with van der Waals surface area (Å²) in [6.07, 6.45) is 0. The van der Waals surface area contributed by atoms with E-state index in [0.29, 0.717) is 0 Å². The van der Waals surface area contributed by atoms with Crippen LogP contribution in [0.15, 0.2) is 41.4 Å². The zero-order valence-electron chi connectivity index (χ0n) is 13.8. The molecule has 4 nitrogen and oxygen atoms in total. The number of fused-ring (bicyclic) bond motifs is 1. The van der Waals surface area contributed by atoms with Gasteiger partial charge in [-0.25, -0.2) is 4.98 Å². The van der Waals surface area contributed by atoms with Gasteiger partial charge in [0.25, 0.3) is 0 Å². The van der Waals surface area contributed by atoms with Crippen molar-refractivity contribution in [1.82, 2.24) is 10.3 Å². The van der Waals surface area contributed by atoms with Crippen molar-refractivity contribution < 1.29 is 4.79 Å². The quantitative estimate of drug-likeness (QED) is 0.849. The number of hydrogen-bond donors (Lipinski definition) is 1. The number of nitrogens with zero attached hydrogens (tertiary/aromatic N) is 2. The minimum absolute atomic E-state index is 0.0347. The fraction of sp³-hybridized carbons (Fsp3) is 0.389. The van der Waals surface area contributed by atoms with Crippen molar-refractivity contribution >= 4 is 28.6 Å². The number of rotatable bonds is 5. The number of nitriles is 1. The van der Waals surface area contributed by atoms with Crippen LogP contribution in [0, 0.1) is 17.2 Å². The van der Waals surface area contributed by atoms with Gasteiger partial charge in [-0.05, 0) is 31.9 Å². The summed E-state index contributed by atoms with van der Waals surface area (Å²) in [5.41, 5.74) is 0.0528. The largest absolute Gasteiger partial charge is 0.337 e. The summed E-state index contributed by atoms with van der Waals surface area (Å²) in [5.74, 6) is -0.116. The molecule has 0 radical (unpaired) electrons. The zero-order valence-corrected chi connectivity index (χ0v) is 14.6. The van der Waals surface area contributed by atoms with Gasteiger partial charge in [-0.15, -0.1) is 0 Å². The standard InChI is InChI=1S/C18H21N3OS/c1-12(2)18(4,11-19)21-17(22)13(3)23-16-10-9-14-7-5-6-8-15(14)20-16/h5-10,12-13H,1-4H3,(H,21,22)/t13-,18+/m1/s1. The van der Waals surface area contributed by atoms with Crippen LogP contribution in [0.2, 0.25) is 0 Å². The fourth-order valence-electron chi connectivity index (χ4n) is 2.01. The molecule has 0 saturated heterocycles. The van der Waals surface area contributed by atoms with E-state index >= 15 is 0 Å². The summed E-state index contributed by atoms with van der Waals surface area (Å²) >= 11 is 1.40. The first-order valence-corrected chi connectivity index (χ1v) is 8.49. The third-order valence-electron chi connectivity index (χ3n) is 4.01. The van der Waals surface area contributed by atoms with Crippen molar-refractivity contribution in [2.24, 2.45) is 5.92 Å². The second-order valence-corrected chi connectivity index (χ2v) is 7.42. The van der Waals surface area contributed by atoms with E-state index in [4.69, 9.17) is 0 Å². The minimum Gasteiger partial charge on any atom is -0.337 e. The third-order valence-corrected chi connectivity index (χ3v) is 5.05. The summed E-state index contributed by atoms with van der Waals surface area (Å²) in [5, 5.41) is 13.7. The molecule has 120 valence electrons. The first-order valence-electron chi connectivity index (χ1n) is 7.61. The summed E-state index contributed by atoms with van der Waals surface area (Å²) in [4.78, 5) is 16.9. The van der Waals surface area contributed by atoms with E-state index in [-0.39, 0.29) is 17.1 Å². The van der Waals surface area contributed by atoms with E-state index in [1.54, 1.807) is 6.92 Å². The Morgan fingerprint density at radius 2 is 1.96 bits per heavy atom. The van der Waals surface area contributed by atoms with Gasteiger partial charge >= 0.3 is 0 Å². The monoisotopic (exact) mass is 327 g/mol. The van der Waals surface area contributed by atoms with Crippen LogP contribution in [0.4, 0.5) is 0 Å². The van der Waals surface area contributed by atoms with Gasteiger partial charge in [-0.1, -0.05) is 49.9 Å². The maximum Gasteiger partial charge on any atom is 0.234 e. The molecule has 1 heterocycles. The number of carbonyl (C=O) groups excluding carboxylic acids is 1. The van der Waals surface area contributed by atoms with Gasteiger partial charge in [-0.2, -0.15) is 5.26 Å². The second-order valence-electron chi connectivity index (χ2n) is 6.06. The first kappa shape index (κ1) is 17.3. The maximum absolute atomic E-state index is 12.4. The highest BCUT2D eigenvalue weighted by Crippen LogP contribution is 2.25. The molecular weight excluding hydrogens is 306 g/mol. The molecule has 1 aromatic heterocycles. The van der Waals surface area contributed by atoms with Crippen molar-refractivity contribution in [1.29, 1.82) is 5.26 Å². The van der Waals surface area contributed by atoms with E-state index in [1.807, 2.05) is 57.2 Å². The molecule has 0 aliphatic heterocycles. The second kappa shape index (κ2) is 7.01. The van der Waals surface area contributed by atoms with Gasteiger partial charge in [-0.3, -0.25) is 4.79 Å². The minimum atomic E-state index is -0.858. The molecule has 2 atom stereocenters. The molecule has 0 bridgehead atoms. The molecule has 0 aliphatic rings. The number of nitrogens with one attached hydrogen (secondary N) is 1. The van der Waals surface area contributed by atoms with E-state index in [0.717, 1.165) is 15.9 Å². The van der Waals surface area contributed by atoms with Crippen LogP contribution in [0.3, 0.4) is 0 Å².